The predicted octanol–water partition coefficient (Wildman–Crippen LogP) is 2.64. The fourth-order valence-corrected chi connectivity index (χ4v) is 2.07. The quantitative estimate of drug-likeness (QED) is 0.683. The zero-order valence-electron chi connectivity index (χ0n) is 7.92. The highest BCUT2D eigenvalue weighted by atomic mass is 35.5. The van der Waals surface area contributed by atoms with Crippen molar-refractivity contribution in [1.82, 2.24) is 4.90 Å². The highest BCUT2D eigenvalue weighted by Crippen LogP contribution is 2.17. The second-order valence-corrected chi connectivity index (χ2v) is 4.36. The molecule has 76 valence electrons. The molecule has 1 aliphatic heterocycles. The summed E-state index contributed by atoms with van der Waals surface area (Å²) in [7, 11) is 0. The van der Waals surface area contributed by atoms with Crippen LogP contribution >= 0.6 is 11.6 Å². The SMILES string of the molecule is Fc1ccc(CN2CCC(Cl)C2)cc1. The summed E-state index contributed by atoms with van der Waals surface area (Å²) in [6, 6.07) is 6.67. The van der Waals surface area contributed by atoms with Gasteiger partial charge in [0.2, 0.25) is 0 Å². The van der Waals surface area contributed by atoms with E-state index in [0.717, 1.165) is 31.6 Å². The Hall–Kier alpha value is -0.600. The molecule has 1 unspecified atom stereocenters. The molecule has 1 saturated heterocycles. The van der Waals surface area contributed by atoms with Gasteiger partial charge in [0.15, 0.2) is 0 Å². The van der Waals surface area contributed by atoms with E-state index in [-0.39, 0.29) is 11.2 Å². The summed E-state index contributed by atoms with van der Waals surface area (Å²) >= 11 is 6.00. The number of benzene rings is 1. The first-order valence-corrected chi connectivity index (χ1v) is 5.28. The second-order valence-electron chi connectivity index (χ2n) is 3.75. The van der Waals surface area contributed by atoms with E-state index >= 15 is 0 Å². The normalized spacial score (nSPS) is 22.9. The Morgan fingerprint density at radius 3 is 2.64 bits per heavy atom. The van der Waals surface area contributed by atoms with Crippen LogP contribution in [0.3, 0.4) is 0 Å². The van der Waals surface area contributed by atoms with Crippen LogP contribution in [0.5, 0.6) is 0 Å². The summed E-state index contributed by atoms with van der Waals surface area (Å²) in [6.45, 7) is 2.87. The maximum absolute atomic E-state index is 12.6. The van der Waals surface area contributed by atoms with E-state index in [1.165, 1.54) is 12.1 Å². The van der Waals surface area contributed by atoms with Gasteiger partial charge in [0.25, 0.3) is 0 Å². The molecule has 1 aromatic carbocycles. The largest absolute Gasteiger partial charge is 0.298 e. The summed E-state index contributed by atoms with van der Waals surface area (Å²) in [4.78, 5) is 2.30. The molecule has 0 N–H and O–H groups in total. The lowest BCUT2D eigenvalue weighted by molar-refractivity contribution is 0.332. The molecule has 0 amide bonds. The van der Waals surface area contributed by atoms with E-state index < -0.39 is 0 Å². The second kappa shape index (κ2) is 4.28. The number of nitrogens with zero attached hydrogens (tertiary/aromatic N) is 1. The Morgan fingerprint density at radius 1 is 1.36 bits per heavy atom. The van der Waals surface area contributed by atoms with Crippen molar-refractivity contribution >= 4 is 11.6 Å². The van der Waals surface area contributed by atoms with Crippen LogP contribution in [-0.4, -0.2) is 23.4 Å². The van der Waals surface area contributed by atoms with E-state index in [1.807, 2.05) is 12.1 Å². The number of alkyl halides is 1. The Kier molecular flexibility index (Phi) is 3.04. The van der Waals surface area contributed by atoms with Crippen LogP contribution in [0.2, 0.25) is 0 Å². The molecule has 0 radical (unpaired) electrons. The summed E-state index contributed by atoms with van der Waals surface area (Å²) in [5, 5.41) is 0.287. The van der Waals surface area contributed by atoms with Crippen molar-refractivity contribution in [2.45, 2.75) is 18.3 Å². The van der Waals surface area contributed by atoms with Crippen LogP contribution in [0.1, 0.15) is 12.0 Å². The molecule has 3 heteroatoms. The first kappa shape index (κ1) is 9.94. The molecule has 14 heavy (non-hydrogen) atoms. The van der Waals surface area contributed by atoms with Crippen molar-refractivity contribution < 1.29 is 4.39 Å². The molecular weight excluding hydrogens is 201 g/mol. The van der Waals surface area contributed by atoms with Gasteiger partial charge in [-0.1, -0.05) is 12.1 Å². The third kappa shape index (κ3) is 2.46. The van der Waals surface area contributed by atoms with Crippen LogP contribution in [0, 0.1) is 5.82 Å². The van der Waals surface area contributed by atoms with Crippen molar-refractivity contribution in [2.24, 2.45) is 0 Å². The lowest BCUT2D eigenvalue weighted by Gasteiger charge is -2.14. The minimum atomic E-state index is -0.176. The van der Waals surface area contributed by atoms with Crippen molar-refractivity contribution in [3.8, 4) is 0 Å². The highest BCUT2D eigenvalue weighted by molar-refractivity contribution is 6.20. The number of likely N-dealkylation sites (tertiary alicyclic amines) is 1. The Bertz CT molecular complexity index is 299. The molecule has 0 aliphatic carbocycles. The van der Waals surface area contributed by atoms with Gasteiger partial charge in [-0.3, -0.25) is 4.90 Å². The third-order valence-corrected chi connectivity index (χ3v) is 2.89. The van der Waals surface area contributed by atoms with E-state index in [4.69, 9.17) is 11.6 Å². The van der Waals surface area contributed by atoms with Crippen LogP contribution in [0.15, 0.2) is 24.3 Å². The maximum Gasteiger partial charge on any atom is 0.123 e. The van der Waals surface area contributed by atoms with Gasteiger partial charge >= 0.3 is 0 Å². The summed E-state index contributed by atoms with van der Waals surface area (Å²) in [5.41, 5.74) is 1.15. The van der Waals surface area contributed by atoms with Gasteiger partial charge in [-0.15, -0.1) is 11.6 Å². The molecule has 0 aromatic heterocycles. The molecule has 1 heterocycles. The third-order valence-electron chi connectivity index (χ3n) is 2.53. The van der Waals surface area contributed by atoms with E-state index in [2.05, 4.69) is 4.90 Å². The van der Waals surface area contributed by atoms with Gasteiger partial charge in [0.1, 0.15) is 5.82 Å². The molecule has 1 aromatic rings. The van der Waals surface area contributed by atoms with Crippen molar-refractivity contribution in [1.29, 1.82) is 0 Å². The molecule has 2 rings (SSSR count). The minimum absolute atomic E-state index is 0.176. The van der Waals surface area contributed by atoms with Gasteiger partial charge in [-0.25, -0.2) is 4.39 Å². The minimum Gasteiger partial charge on any atom is -0.298 e. The predicted molar refractivity (Wildman–Crippen MR) is 55.9 cm³/mol. The maximum atomic E-state index is 12.6. The monoisotopic (exact) mass is 213 g/mol. The summed E-state index contributed by atoms with van der Waals surface area (Å²) in [6.07, 6.45) is 1.06. The fraction of sp³-hybridized carbons (Fsp3) is 0.455. The average molecular weight is 214 g/mol. The van der Waals surface area contributed by atoms with Crippen LogP contribution in [0.25, 0.3) is 0 Å². The Balaban J connectivity index is 1.94. The smallest absolute Gasteiger partial charge is 0.123 e. The summed E-state index contributed by atoms with van der Waals surface area (Å²) < 4.78 is 12.6. The van der Waals surface area contributed by atoms with Gasteiger partial charge in [-0.2, -0.15) is 0 Å². The lowest BCUT2D eigenvalue weighted by atomic mass is 10.2. The fourth-order valence-electron chi connectivity index (χ4n) is 1.78. The molecule has 1 nitrogen and oxygen atoms in total. The van der Waals surface area contributed by atoms with Gasteiger partial charge in [0, 0.05) is 18.5 Å². The topological polar surface area (TPSA) is 3.24 Å². The number of hydrogen-bond acceptors (Lipinski definition) is 1. The zero-order chi connectivity index (χ0) is 9.97. The van der Waals surface area contributed by atoms with Crippen molar-refractivity contribution in [2.75, 3.05) is 13.1 Å². The molecule has 1 atom stereocenters. The standard InChI is InChI=1S/C11H13ClFN/c12-10-5-6-14(8-10)7-9-1-3-11(13)4-2-9/h1-4,10H,5-8H2. The Morgan fingerprint density at radius 2 is 2.07 bits per heavy atom. The van der Waals surface area contributed by atoms with Crippen LogP contribution in [0.4, 0.5) is 4.39 Å². The van der Waals surface area contributed by atoms with E-state index in [0.29, 0.717) is 0 Å². The molecule has 0 bridgehead atoms. The molecule has 1 aliphatic rings. The molecule has 0 spiro atoms. The van der Waals surface area contributed by atoms with Gasteiger partial charge in [0.05, 0.1) is 0 Å². The number of hydrogen-bond donors (Lipinski definition) is 0. The molecule has 1 fully saturated rings. The highest BCUT2D eigenvalue weighted by Gasteiger charge is 2.19. The number of rotatable bonds is 2. The van der Waals surface area contributed by atoms with E-state index in [1.54, 1.807) is 0 Å². The number of halogens is 2. The molecule has 0 saturated carbocycles. The first-order chi connectivity index (χ1) is 6.74. The van der Waals surface area contributed by atoms with Crippen molar-refractivity contribution in [3.63, 3.8) is 0 Å². The zero-order valence-corrected chi connectivity index (χ0v) is 8.67. The van der Waals surface area contributed by atoms with Crippen LogP contribution < -0.4 is 0 Å². The first-order valence-electron chi connectivity index (χ1n) is 4.85. The van der Waals surface area contributed by atoms with Crippen molar-refractivity contribution in [3.05, 3.63) is 35.6 Å². The van der Waals surface area contributed by atoms with Gasteiger partial charge in [-0.05, 0) is 30.7 Å². The van der Waals surface area contributed by atoms with Crippen LogP contribution in [-0.2, 0) is 6.54 Å². The average Bonchev–Trinajstić information content (AvgIpc) is 2.56. The molecular formula is C11H13ClFN. The summed E-state index contributed by atoms with van der Waals surface area (Å²) in [5.74, 6) is -0.176. The lowest BCUT2D eigenvalue weighted by Crippen LogP contribution is -2.20. The Labute approximate surface area is 88.5 Å². The van der Waals surface area contributed by atoms with E-state index in [9.17, 15) is 4.39 Å². The van der Waals surface area contributed by atoms with Gasteiger partial charge < -0.3 is 0 Å².